The maximum atomic E-state index is 11.9. The second-order valence-electron chi connectivity index (χ2n) is 3.98. The van der Waals surface area contributed by atoms with Gasteiger partial charge in [-0.05, 0) is 37.1 Å². The minimum absolute atomic E-state index is 0.282. The van der Waals surface area contributed by atoms with Gasteiger partial charge in [-0.15, -0.1) is 24.9 Å². The minimum atomic E-state index is -4.69. The van der Waals surface area contributed by atoms with E-state index in [9.17, 15) is 18.0 Å². The number of nitrogens with two attached hydrogens (primary N) is 1. The van der Waals surface area contributed by atoms with Crippen molar-refractivity contribution >= 4 is 17.7 Å². The van der Waals surface area contributed by atoms with Gasteiger partial charge in [0.1, 0.15) is 5.75 Å². The molecule has 2 N–H and O–H groups in total. The Morgan fingerprint density at radius 2 is 1.83 bits per heavy atom. The van der Waals surface area contributed by atoms with Gasteiger partial charge >= 0.3 is 6.36 Å². The van der Waals surface area contributed by atoms with Gasteiger partial charge in [-0.2, -0.15) is 0 Å². The van der Waals surface area contributed by atoms with Crippen LogP contribution in [0.5, 0.6) is 5.75 Å². The molecule has 1 amide bonds. The van der Waals surface area contributed by atoms with Crippen molar-refractivity contribution < 1.29 is 22.7 Å². The number of carbonyl (C=O) groups is 1. The van der Waals surface area contributed by atoms with Crippen molar-refractivity contribution in [3.8, 4) is 5.75 Å². The molecule has 0 aromatic heterocycles. The monoisotopic (exact) mass is 277 g/mol. The molecule has 1 aliphatic rings. The van der Waals surface area contributed by atoms with Crippen molar-refractivity contribution in [1.29, 1.82) is 0 Å². The quantitative estimate of drug-likeness (QED) is 0.920. The van der Waals surface area contributed by atoms with E-state index < -0.39 is 11.1 Å². The fraction of sp³-hybridized carbons (Fsp3) is 0.364. The topological polar surface area (TPSA) is 52.3 Å². The molecule has 7 heteroatoms. The second-order valence-corrected chi connectivity index (χ2v) is 5.44. The van der Waals surface area contributed by atoms with Crippen molar-refractivity contribution in [3.05, 3.63) is 24.3 Å². The van der Waals surface area contributed by atoms with Crippen LogP contribution in [0.4, 0.5) is 13.2 Å². The molecule has 98 valence electrons. The maximum Gasteiger partial charge on any atom is 0.573 e. The van der Waals surface area contributed by atoms with Crippen molar-refractivity contribution in [1.82, 2.24) is 0 Å². The molecular formula is C11H10F3NO2S. The molecule has 0 spiro atoms. The van der Waals surface area contributed by atoms with Gasteiger partial charge in [0.2, 0.25) is 5.91 Å². The van der Waals surface area contributed by atoms with Gasteiger partial charge in [-0.3, -0.25) is 4.79 Å². The summed E-state index contributed by atoms with van der Waals surface area (Å²) >= 11 is 1.28. The first kappa shape index (κ1) is 13.1. The van der Waals surface area contributed by atoms with Crippen molar-refractivity contribution in [3.63, 3.8) is 0 Å². The summed E-state index contributed by atoms with van der Waals surface area (Å²) in [5, 5.41) is 0. The van der Waals surface area contributed by atoms with Crippen LogP contribution in [0.3, 0.4) is 0 Å². The average Bonchev–Trinajstić information content (AvgIpc) is 3.00. The first-order valence-corrected chi connectivity index (χ1v) is 5.97. The molecule has 0 unspecified atom stereocenters. The number of hydrogen-bond donors (Lipinski definition) is 1. The normalized spacial score (nSPS) is 17.3. The Kier molecular flexibility index (Phi) is 3.18. The molecule has 0 saturated heterocycles. The number of carbonyl (C=O) groups excluding carboxylic acids is 1. The van der Waals surface area contributed by atoms with Crippen LogP contribution < -0.4 is 10.5 Å². The Balaban J connectivity index is 2.02. The smallest absolute Gasteiger partial charge is 0.406 e. The van der Waals surface area contributed by atoms with E-state index >= 15 is 0 Å². The van der Waals surface area contributed by atoms with Crippen molar-refractivity contribution in [2.75, 3.05) is 0 Å². The van der Waals surface area contributed by atoms with Gasteiger partial charge in [0.25, 0.3) is 0 Å². The molecule has 1 aromatic rings. The Labute approximate surface area is 105 Å². The summed E-state index contributed by atoms with van der Waals surface area (Å²) in [4.78, 5) is 11.9. The van der Waals surface area contributed by atoms with E-state index in [0.29, 0.717) is 17.7 Å². The highest BCUT2D eigenvalue weighted by molar-refractivity contribution is 8.01. The lowest BCUT2D eigenvalue weighted by Crippen LogP contribution is -2.27. The molecule has 1 saturated carbocycles. The minimum Gasteiger partial charge on any atom is -0.406 e. The molecular weight excluding hydrogens is 267 g/mol. The third-order valence-electron chi connectivity index (χ3n) is 2.52. The number of ether oxygens (including phenoxy) is 1. The van der Waals surface area contributed by atoms with Crippen molar-refractivity contribution in [2.24, 2.45) is 5.73 Å². The van der Waals surface area contributed by atoms with E-state index in [1.165, 1.54) is 36.0 Å². The molecule has 0 bridgehead atoms. The summed E-state index contributed by atoms with van der Waals surface area (Å²) in [7, 11) is 0. The standard InChI is InChI=1S/C11H10F3NO2S/c12-11(13,14)17-7-1-3-8(4-2-7)18-10(5-6-10)9(15)16/h1-4H,5-6H2,(H2,15,16). The lowest BCUT2D eigenvalue weighted by Gasteiger charge is -2.12. The molecule has 0 aliphatic heterocycles. The maximum absolute atomic E-state index is 11.9. The number of amides is 1. The highest BCUT2D eigenvalue weighted by Crippen LogP contribution is 2.51. The summed E-state index contributed by atoms with van der Waals surface area (Å²) < 4.78 is 39.0. The number of primary amides is 1. The average molecular weight is 277 g/mol. The SMILES string of the molecule is NC(=O)C1(Sc2ccc(OC(F)(F)F)cc2)CC1. The summed E-state index contributed by atoms with van der Waals surface area (Å²) in [5.74, 6) is -0.668. The van der Waals surface area contributed by atoms with Crippen LogP contribution >= 0.6 is 11.8 Å². The molecule has 0 radical (unpaired) electrons. The zero-order chi connectivity index (χ0) is 13.4. The van der Waals surface area contributed by atoms with Crippen LogP contribution in [-0.4, -0.2) is 17.0 Å². The van der Waals surface area contributed by atoms with Crippen LogP contribution in [0.25, 0.3) is 0 Å². The van der Waals surface area contributed by atoms with E-state index in [2.05, 4.69) is 4.74 Å². The first-order valence-electron chi connectivity index (χ1n) is 5.15. The van der Waals surface area contributed by atoms with Crippen LogP contribution in [0, 0.1) is 0 Å². The fourth-order valence-electron chi connectivity index (χ4n) is 1.45. The van der Waals surface area contributed by atoms with E-state index in [1.807, 2.05) is 0 Å². The van der Waals surface area contributed by atoms with Crippen LogP contribution in [0.2, 0.25) is 0 Å². The molecule has 1 aromatic carbocycles. The number of rotatable bonds is 4. The predicted octanol–water partition coefficient (Wildman–Crippen LogP) is 2.70. The van der Waals surface area contributed by atoms with E-state index in [-0.39, 0.29) is 11.7 Å². The highest BCUT2D eigenvalue weighted by Gasteiger charge is 2.49. The summed E-state index contributed by atoms with van der Waals surface area (Å²) in [6.45, 7) is 0. The number of benzene rings is 1. The molecule has 1 fully saturated rings. The zero-order valence-corrected chi connectivity index (χ0v) is 9.98. The fourth-order valence-corrected chi connectivity index (χ4v) is 2.58. The Hall–Kier alpha value is -1.37. The number of thioether (sulfide) groups is 1. The van der Waals surface area contributed by atoms with Gasteiger partial charge in [0.05, 0.1) is 4.75 Å². The van der Waals surface area contributed by atoms with Crippen LogP contribution in [-0.2, 0) is 4.79 Å². The first-order chi connectivity index (χ1) is 8.31. The third kappa shape index (κ3) is 3.10. The molecule has 0 atom stereocenters. The van der Waals surface area contributed by atoms with Gasteiger partial charge in [-0.25, -0.2) is 0 Å². The van der Waals surface area contributed by atoms with Gasteiger partial charge in [0, 0.05) is 4.90 Å². The molecule has 3 nitrogen and oxygen atoms in total. The summed E-state index contributed by atoms with van der Waals surface area (Å²) in [6.07, 6.45) is -3.29. The van der Waals surface area contributed by atoms with Gasteiger partial charge in [0.15, 0.2) is 0 Å². The van der Waals surface area contributed by atoms with Gasteiger partial charge in [-0.1, -0.05) is 0 Å². The largest absolute Gasteiger partial charge is 0.573 e. The highest BCUT2D eigenvalue weighted by atomic mass is 32.2. The van der Waals surface area contributed by atoms with E-state index in [0.717, 1.165) is 0 Å². The Morgan fingerprint density at radius 3 is 2.22 bits per heavy atom. The lowest BCUT2D eigenvalue weighted by molar-refractivity contribution is -0.274. The van der Waals surface area contributed by atoms with Crippen LogP contribution in [0.1, 0.15) is 12.8 Å². The molecule has 2 rings (SSSR count). The van der Waals surface area contributed by atoms with E-state index in [1.54, 1.807) is 0 Å². The summed E-state index contributed by atoms with van der Waals surface area (Å²) in [5.41, 5.74) is 5.26. The molecule has 0 heterocycles. The predicted molar refractivity (Wildman–Crippen MR) is 60.1 cm³/mol. The summed E-state index contributed by atoms with van der Waals surface area (Å²) in [6, 6.07) is 5.39. The Bertz CT molecular complexity index is 454. The van der Waals surface area contributed by atoms with Gasteiger partial charge < -0.3 is 10.5 Å². The van der Waals surface area contributed by atoms with Crippen LogP contribution in [0.15, 0.2) is 29.2 Å². The molecule has 18 heavy (non-hydrogen) atoms. The number of alkyl halides is 3. The second kappa shape index (κ2) is 4.38. The zero-order valence-electron chi connectivity index (χ0n) is 9.16. The lowest BCUT2D eigenvalue weighted by atomic mass is 10.3. The number of hydrogen-bond acceptors (Lipinski definition) is 3. The third-order valence-corrected chi connectivity index (χ3v) is 4.03. The van der Waals surface area contributed by atoms with Crippen molar-refractivity contribution in [2.45, 2.75) is 28.8 Å². The van der Waals surface area contributed by atoms with E-state index in [4.69, 9.17) is 5.73 Å². The Morgan fingerprint density at radius 1 is 1.28 bits per heavy atom. The number of halogens is 3. The molecule has 1 aliphatic carbocycles.